The number of carbonyl (C=O) groups excluding carboxylic acids is 1. The summed E-state index contributed by atoms with van der Waals surface area (Å²) in [6.07, 6.45) is 0.453. The first-order chi connectivity index (χ1) is 7.15. The second-order valence-corrected chi connectivity index (χ2v) is 3.84. The minimum absolute atomic E-state index is 0.258. The highest BCUT2D eigenvalue weighted by Gasteiger charge is 2.21. The Morgan fingerprint density at radius 1 is 1.40 bits per heavy atom. The van der Waals surface area contributed by atoms with Gasteiger partial charge in [0.05, 0.1) is 5.38 Å². The van der Waals surface area contributed by atoms with E-state index in [9.17, 15) is 4.79 Å². The van der Waals surface area contributed by atoms with Gasteiger partial charge in [0.25, 0.3) is 0 Å². The largest absolute Gasteiger partial charge is 0.461 e. The van der Waals surface area contributed by atoms with Gasteiger partial charge in [0.1, 0.15) is 6.10 Å². The molecule has 0 aliphatic carbocycles. The maximum Gasteiger partial charge on any atom is 0.302 e. The van der Waals surface area contributed by atoms with E-state index in [1.54, 1.807) is 0 Å². The normalized spacial score (nSPS) is 14.3. The molecule has 1 rings (SSSR count). The van der Waals surface area contributed by atoms with Crippen molar-refractivity contribution in [3.63, 3.8) is 0 Å². The summed E-state index contributed by atoms with van der Waals surface area (Å²) in [5, 5.41) is -0.278. The summed E-state index contributed by atoms with van der Waals surface area (Å²) in [7, 11) is 0. The smallest absolute Gasteiger partial charge is 0.302 e. The van der Waals surface area contributed by atoms with Crippen LogP contribution in [0.25, 0.3) is 0 Å². The Labute approximate surface area is 95.2 Å². The summed E-state index contributed by atoms with van der Waals surface area (Å²) >= 11 is 6.24. The van der Waals surface area contributed by atoms with Crippen LogP contribution in [0.3, 0.4) is 0 Å². The van der Waals surface area contributed by atoms with Crippen molar-refractivity contribution in [2.24, 2.45) is 0 Å². The average Bonchev–Trinajstić information content (AvgIpc) is 2.26. The summed E-state index contributed by atoms with van der Waals surface area (Å²) in [6, 6.07) is 9.64. The molecular weight excluding hydrogens is 212 g/mol. The van der Waals surface area contributed by atoms with E-state index >= 15 is 0 Å². The Hall–Kier alpha value is -1.02. The maximum absolute atomic E-state index is 10.9. The molecule has 0 saturated heterocycles. The van der Waals surface area contributed by atoms with Crippen molar-refractivity contribution in [1.29, 1.82) is 0 Å². The van der Waals surface area contributed by atoms with Gasteiger partial charge >= 0.3 is 5.97 Å². The average molecular weight is 227 g/mol. The number of hydrogen-bond donors (Lipinski definition) is 0. The quantitative estimate of drug-likeness (QED) is 0.582. The summed E-state index contributed by atoms with van der Waals surface area (Å²) in [4.78, 5) is 10.9. The van der Waals surface area contributed by atoms with Crippen molar-refractivity contribution >= 4 is 17.6 Å². The molecule has 0 spiro atoms. The Morgan fingerprint density at radius 2 is 2.00 bits per heavy atom. The molecule has 3 heteroatoms. The van der Waals surface area contributed by atoms with Crippen LogP contribution in [-0.4, -0.2) is 12.1 Å². The topological polar surface area (TPSA) is 26.3 Å². The molecule has 0 aliphatic rings. The van der Waals surface area contributed by atoms with Gasteiger partial charge in [-0.05, 0) is 12.0 Å². The van der Waals surface area contributed by atoms with Gasteiger partial charge in [-0.15, -0.1) is 11.6 Å². The molecule has 0 amide bonds. The fourth-order valence-corrected chi connectivity index (χ4v) is 1.79. The molecule has 0 bridgehead atoms. The number of carbonyl (C=O) groups is 1. The van der Waals surface area contributed by atoms with Crippen LogP contribution in [0.1, 0.15) is 31.2 Å². The standard InChI is InChI=1S/C12H15ClO2/c1-3-11(15-9(2)14)12(13)10-7-5-4-6-8-10/h4-8,11-12H,3H2,1-2H3. The van der Waals surface area contributed by atoms with E-state index in [2.05, 4.69) is 0 Å². The fourth-order valence-electron chi connectivity index (χ4n) is 1.41. The summed E-state index contributed by atoms with van der Waals surface area (Å²) in [5.41, 5.74) is 0.979. The van der Waals surface area contributed by atoms with E-state index in [0.717, 1.165) is 5.56 Å². The van der Waals surface area contributed by atoms with Crippen LogP contribution in [0.2, 0.25) is 0 Å². The third kappa shape index (κ3) is 3.56. The molecule has 0 N–H and O–H groups in total. The SMILES string of the molecule is CCC(OC(C)=O)C(Cl)c1ccccc1. The van der Waals surface area contributed by atoms with Crippen LogP contribution in [0.5, 0.6) is 0 Å². The molecule has 1 aromatic carbocycles. The molecule has 1 aromatic rings. The number of hydrogen-bond acceptors (Lipinski definition) is 2. The molecule has 0 aromatic heterocycles. The molecule has 0 saturated carbocycles. The van der Waals surface area contributed by atoms with Gasteiger partial charge in [0, 0.05) is 6.92 Å². The van der Waals surface area contributed by atoms with Crippen molar-refractivity contribution in [2.45, 2.75) is 31.7 Å². The van der Waals surface area contributed by atoms with Crippen LogP contribution >= 0.6 is 11.6 Å². The second kappa shape index (κ2) is 5.76. The minimum atomic E-state index is -0.288. The van der Waals surface area contributed by atoms with E-state index in [0.29, 0.717) is 6.42 Å². The van der Waals surface area contributed by atoms with Gasteiger partial charge < -0.3 is 4.74 Å². The lowest BCUT2D eigenvalue weighted by atomic mass is 10.1. The van der Waals surface area contributed by atoms with Gasteiger partial charge in [-0.2, -0.15) is 0 Å². The first kappa shape index (κ1) is 12.1. The first-order valence-corrected chi connectivity index (χ1v) is 5.45. The van der Waals surface area contributed by atoms with Crippen LogP contribution in [0, 0.1) is 0 Å². The lowest BCUT2D eigenvalue weighted by Gasteiger charge is -2.20. The highest BCUT2D eigenvalue weighted by Crippen LogP contribution is 2.27. The first-order valence-electron chi connectivity index (χ1n) is 5.01. The van der Waals surface area contributed by atoms with E-state index in [4.69, 9.17) is 16.3 Å². The Morgan fingerprint density at radius 3 is 2.47 bits per heavy atom. The Balaban J connectivity index is 2.73. The number of alkyl halides is 1. The molecule has 15 heavy (non-hydrogen) atoms. The monoisotopic (exact) mass is 226 g/mol. The van der Waals surface area contributed by atoms with Crippen LogP contribution in [-0.2, 0) is 9.53 Å². The van der Waals surface area contributed by atoms with Crippen molar-refractivity contribution in [1.82, 2.24) is 0 Å². The van der Waals surface area contributed by atoms with Crippen molar-refractivity contribution < 1.29 is 9.53 Å². The maximum atomic E-state index is 10.9. The molecule has 2 atom stereocenters. The molecule has 82 valence electrons. The molecule has 0 radical (unpaired) electrons. The minimum Gasteiger partial charge on any atom is -0.461 e. The van der Waals surface area contributed by atoms with E-state index in [-0.39, 0.29) is 17.5 Å². The molecule has 2 unspecified atom stereocenters. The van der Waals surface area contributed by atoms with Crippen LogP contribution in [0.4, 0.5) is 0 Å². The third-order valence-corrected chi connectivity index (χ3v) is 2.70. The zero-order chi connectivity index (χ0) is 11.3. The molecule has 0 aliphatic heterocycles. The highest BCUT2D eigenvalue weighted by molar-refractivity contribution is 6.21. The van der Waals surface area contributed by atoms with Crippen molar-refractivity contribution in [3.8, 4) is 0 Å². The number of ether oxygens (including phenoxy) is 1. The summed E-state index contributed by atoms with van der Waals surface area (Å²) in [5.74, 6) is -0.288. The predicted octanol–water partition coefficient (Wildman–Crippen LogP) is 3.31. The fraction of sp³-hybridized carbons (Fsp3) is 0.417. The van der Waals surface area contributed by atoms with Gasteiger partial charge in [-0.25, -0.2) is 0 Å². The molecule has 2 nitrogen and oxygen atoms in total. The number of benzene rings is 1. The second-order valence-electron chi connectivity index (χ2n) is 3.37. The molecule has 0 fully saturated rings. The zero-order valence-corrected chi connectivity index (χ0v) is 9.70. The lowest BCUT2D eigenvalue weighted by Crippen LogP contribution is -2.20. The Kier molecular flexibility index (Phi) is 4.63. The summed E-state index contributed by atoms with van der Waals surface area (Å²) in [6.45, 7) is 3.35. The van der Waals surface area contributed by atoms with Crippen molar-refractivity contribution in [2.75, 3.05) is 0 Å². The number of esters is 1. The van der Waals surface area contributed by atoms with Gasteiger partial charge in [0.2, 0.25) is 0 Å². The van der Waals surface area contributed by atoms with Gasteiger partial charge in [-0.3, -0.25) is 4.79 Å². The van der Waals surface area contributed by atoms with E-state index in [1.165, 1.54) is 6.92 Å². The predicted molar refractivity (Wildman–Crippen MR) is 60.9 cm³/mol. The van der Waals surface area contributed by atoms with Gasteiger partial charge in [-0.1, -0.05) is 37.3 Å². The van der Waals surface area contributed by atoms with Crippen molar-refractivity contribution in [3.05, 3.63) is 35.9 Å². The highest BCUT2D eigenvalue weighted by atomic mass is 35.5. The van der Waals surface area contributed by atoms with E-state index in [1.807, 2.05) is 37.3 Å². The molecule has 0 heterocycles. The van der Waals surface area contributed by atoms with E-state index < -0.39 is 0 Å². The number of rotatable bonds is 4. The summed E-state index contributed by atoms with van der Waals surface area (Å²) < 4.78 is 5.14. The zero-order valence-electron chi connectivity index (χ0n) is 8.94. The Bertz CT molecular complexity index is 311. The van der Waals surface area contributed by atoms with Crippen LogP contribution < -0.4 is 0 Å². The molecular formula is C12H15ClO2. The third-order valence-electron chi connectivity index (χ3n) is 2.16. The number of halogens is 1. The van der Waals surface area contributed by atoms with Gasteiger partial charge in [0.15, 0.2) is 0 Å². The lowest BCUT2D eigenvalue weighted by molar-refractivity contribution is -0.146. The van der Waals surface area contributed by atoms with Crippen LogP contribution in [0.15, 0.2) is 30.3 Å².